The Morgan fingerprint density at radius 2 is 2.08 bits per heavy atom. The van der Waals surface area contributed by atoms with Gasteiger partial charge in [0.1, 0.15) is 11.5 Å². The van der Waals surface area contributed by atoms with Crippen LogP contribution in [0.2, 0.25) is 0 Å². The standard InChI is InChI=1S/C12H13N5O2.C3H6.C2H6.CH4/c1-19-12(18)9-6-8(2-3-14-9)11-16-15-10-7-13-4-5-17(10)11;1-3-2;1-2;/h2-3,6,13H,4-5,7H2,1H3;3H,1H2,2H3;1-2H3;1H4. The van der Waals surface area contributed by atoms with Gasteiger partial charge < -0.3 is 14.6 Å². The second kappa shape index (κ2) is 11.9. The van der Waals surface area contributed by atoms with Crippen LogP contribution in [0, 0.1) is 0 Å². The van der Waals surface area contributed by atoms with Gasteiger partial charge >= 0.3 is 5.97 Å². The van der Waals surface area contributed by atoms with Crippen LogP contribution in [-0.2, 0) is 17.8 Å². The van der Waals surface area contributed by atoms with Gasteiger partial charge in [0.25, 0.3) is 0 Å². The van der Waals surface area contributed by atoms with Gasteiger partial charge in [0, 0.05) is 24.8 Å². The Labute approximate surface area is 150 Å². The second-order valence-electron chi connectivity index (χ2n) is 4.60. The zero-order valence-corrected chi connectivity index (χ0v) is 14.7. The molecule has 1 aliphatic heterocycles. The number of ether oxygens (including phenoxy) is 1. The lowest BCUT2D eigenvalue weighted by atomic mass is 10.2. The molecule has 0 radical (unpaired) electrons. The van der Waals surface area contributed by atoms with E-state index in [4.69, 9.17) is 0 Å². The highest BCUT2D eigenvalue weighted by Gasteiger charge is 2.18. The van der Waals surface area contributed by atoms with Gasteiger partial charge in [-0.3, -0.25) is 0 Å². The topological polar surface area (TPSA) is 81.9 Å². The van der Waals surface area contributed by atoms with Crippen LogP contribution in [-0.4, -0.2) is 39.4 Å². The summed E-state index contributed by atoms with van der Waals surface area (Å²) in [5.41, 5.74) is 1.09. The Morgan fingerprint density at radius 1 is 1.40 bits per heavy atom. The summed E-state index contributed by atoms with van der Waals surface area (Å²) in [4.78, 5) is 15.5. The minimum absolute atomic E-state index is 0. The third kappa shape index (κ3) is 5.79. The Bertz CT molecular complexity index is 667. The van der Waals surface area contributed by atoms with Crippen molar-refractivity contribution in [2.75, 3.05) is 13.7 Å². The first-order valence-corrected chi connectivity index (χ1v) is 7.95. The number of hydrogen-bond donors (Lipinski definition) is 1. The van der Waals surface area contributed by atoms with E-state index in [1.54, 1.807) is 18.3 Å². The number of fused-ring (bicyclic) bond motifs is 1. The summed E-state index contributed by atoms with van der Waals surface area (Å²) >= 11 is 0. The first kappa shape index (κ1) is 22.5. The molecular formula is C18H29N5O2. The molecule has 3 heterocycles. The molecule has 1 aliphatic rings. The van der Waals surface area contributed by atoms with Crippen molar-refractivity contribution in [2.24, 2.45) is 0 Å². The van der Waals surface area contributed by atoms with Crippen molar-refractivity contribution < 1.29 is 9.53 Å². The van der Waals surface area contributed by atoms with E-state index < -0.39 is 5.97 Å². The van der Waals surface area contributed by atoms with E-state index in [9.17, 15) is 4.79 Å². The van der Waals surface area contributed by atoms with Gasteiger partial charge in [0.15, 0.2) is 5.82 Å². The van der Waals surface area contributed by atoms with Crippen molar-refractivity contribution >= 4 is 5.97 Å². The average molecular weight is 347 g/mol. The van der Waals surface area contributed by atoms with Gasteiger partial charge in [-0.15, -0.1) is 16.8 Å². The summed E-state index contributed by atoms with van der Waals surface area (Å²) in [6.45, 7) is 11.7. The molecule has 7 nitrogen and oxygen atoms in total. The number of rotatable bonds is 2. The molecule has 138 valence electrons. The normalized spacial score (nSPS) is 11.4. The van der Waals surface area contributed by atoms with E-state index in [0.717, 1.165) is 30.3 Å². The lowest BCUT2D eigenvalue weighted by Gasteiger charge is -2.16. The van der Waals surface area contributed by atoms with Crippen LogP contribution in [0.25, 0.3) is 11.4 Å². The number of allylic oxidation sites excluding steroid dienone is 1. The summed E-state index contributed by atoms with van der Waals surface area (Å²) in [6, 6.07) is 3.48. The largest absolute Gasteiger partial charge is 0.464 e. The lowest BCUT2D eigenvalue weighted by Crippen LogP contribution is -2.28. The van der Waals surface area contributed by atoms with E-state index in [0.29, 0.717) is 6.54 Å². The summed E-state index contributed by atoms with van der Waals surface area (Å²) in [7, 11) is 1.33. The summed E-state index contributed by atoms with van der Waals surface area (Å²) in [5, 5.41) is 11.6. The third-order valence-corrected chi connectivity index (χ3v) is 3.04. The zero-order chi connectivity index (χ0) is 17.9. The lowest BCUT2D eigenvalue weighted by molar-refractivity contribution is 0.0594. The van der Waals surface area contributed by atoms with Crippen molar-refractivity contribution in [1.82, 2.24) is 25.1 Å². The van der Waals surface area contributed by atoms with Crippen LogP contribution in [0.1, 0.15) is 44.5 Å². The monoisotopic (exact) mass is 347 g/mol. The van der Waals surface area contributed by atoms with Crippen molar-refractivity contribution in [3.05, 3.63) is 42.5 Å². The van der Waals surface area contributed by atoms with Gasteiger partial charge in [-0.25, -0.2) is 9.78 Å². The molecule has 3 rings (SSSR count). The fraction of sp³-hybridized carbons (Fsp3) is 0.444. The van der Waals surface area contributed by atoms with E-state index in [-0.39, 0.29) is 13.1 Å². The SMILES string of the molecule is C.C=CC.CC.COC(=O)c1cc(-c2nnc3n2CCNC3)ccn1. The predicted molar refractivity (Wildman–Crippen MR) is 100 cm³/mol. The van der Waals surface area contributed by atoms with Crippen molar-refractivity contribution in [3.63, 3.8) is 0 Å². The number of methoxy groups -OCH3 is 1. The van der Waals surface area contributed by atoms with Gasteiger partial charge in [0.2, 0.25) is 0 Å². The van der Waals surface area contributed by atoms with Crippen LogP contribution in [0.5, 0.6) is 0 Å². The molecule has 0 aliphatic carbocycles. The first-order chi connectivity index (χ1) is 11.7. The minimum atomic E-state index is -0.457. The van der Waals surface area contributed by atoms with Crippen molar-refractivity contribution in [2.45, 2.75) is 41.3 Å². The van der Waals surface area contributed by atoms with E-state index in [1.165, 1.54) is 7.11 Å². The third-order valence-electron chi connectivity index (χ3n) is 3.04. The van der Waals surface area contributed by atoms with Crippen LogP contribution in [0.3, 0.4) is 0 Å². The van der Waals surface area contributed by atoms with E-state index in [1.807, 2.05) is 31.4 Å². The number of pyridine rings is 1. The molecule has 0 aromatic carbocycles. The highest BCUT2D eigenvalue weighted by molar-refractivity contribution is 5.88. The molecular weight excluding hydrogens is 318 g/mol. The van der Waals surface area contributed by atoms with E-state index in [2.05, 4.69) is 31.8 Å². The number of carbonyl (C=O) groups is 1. The second-order valence-corrected chi connectivity index (χ2v) is 4.60. The predicted octanol–water partition coefficient (Wildman–Crippen LogP) is 3.08. The Morgan fingerprint density at radius 3 is 2.72 bits per heavy atom. The average Bonchev–Trinajstić information content (AvgIpc) is 3.07. The Kier molecular flexibility index (Phi) is 10.7. The fourth-order valence-corrected chi connectivity index (χ4v) is 2.09. The number of nitrogens with zero attached hydrogens (tertiary/aromatic N) is 4. The van der Waals surface area contributed by atoms with E-state index >= 15 is 0 Å². The molecule has 0 atom stereocenters. The van der Waals surface area contributed by atoms with Crippen molar-refractivity contribution in [3.8, 4) is 11.4 Å². The molecule has 2 aromatic rings. The molecule has 2 aromatic heterocycles. The van der Waals surface area contributed by atoms with Crippen LogP contribution < -0.4 is 5.32 Å². The fourth-order valence-electron chi connectivity index (χ4n) is 2.09. The molecule has 0 bridgehead atoms. The maximum Gasteiger partial charge on any atom is 0.356 e. The molecule has 0 saturated carbocycles. The Hall–Kier alpha value is -2.54. The number of esters is 1. The van der Waals surface area contributed by atoms with Gasteiger partial charge in [-0.05, 0) is 19.1 Å². The van der Waals surface area contributed by atoms with Gasteiger partial charge in [-0.1, -0.05) is 27.4 Å². The van der Waals surface area contributed by atoms with Crippen LogP contribution in [0.4, 0.5) is 0 Å². The zero-order valence-electron chi connectivity index (χ0n) is 14.7. The number of hydrogen-bond acceptors (Lipinski definition) is 6. The smallest absolute Gasteiger partial charge is 0.356 e. The maximum atomic E-state index is 11.5. The molecule has 0 spiro atoms. The molecule has 25 heavy (non-hydrogen) atoms. The van der Waals surface area contributed by atoms with Gasteiger partial charge in [-0.2, -0.15) is 0 Å². The molecule has 1 N–H and O–H groups in total. The van der Waals surface area contributed by atoms with Crippen molar-refractivity contribution in [1.29, 1.82) is 0 Å². The quantitative estimate of drug-likeness (QED) is 0.664. The highest BCUT2D eigenvalue weighted by atomic mass is 16.5. The molecule has 0 saturated heterocycles. The van der Waals surface area contributed by atoms with Crippen LogP contribution >= 0.6 is 0 Å². The first-order valence-electron chi connectivity index (χ1n) is 7.95. The number of nitrogens with one attached hydrogen (secondary N) is 1. The molecule has 0 unspecified atom stereocenters. The van der Waals surface area contributed by atoms with Gasteiger partial charge in [0.05, 0.1) is 13.7 Å². The molecule has 0 amide bonds. The summed E-state index contributed by atoms with van der Waals surface area (Å²) < 4.78 is 6.72. The van der Waals surface area contributed by atoms with Crippen LogP contribution in [0.15, 0.2) is 31.0 Å². The molecule has 0 fully saturated rings. The summed E-state index contributed by atoms with van der Waals surface area (Å²) in [6.07, 6.45) is 3.32. The maximum absolute atomic E-state index is 11.5. The number of carbonyl (C=O) groups excluding carboxylic acids is 1. The summed E-state index contributed by atoms with van der Waals surface area (Å²) in [5.74, 6) is 1.20. The highest BCUT2D eigenvalue weighted by Crippen LogP contribution is 2.20. The number of aromatic nitrogens is 4. The minimum Gasteiger partial charge on any atom is -0.464 e. The Balaban J connectivity index is 0.000000872. The molecule has 7 heteroatoms.